The molecule has 0 aliphatic heterocycles. The van der Waals surface area contributed by atoms with E-state index in [2.05, 4.69) is 20.6 Å². The van der Waals surface area contributed by atoms with Crippen molar-refractivity contribution in [3.63, 3.8) is 0 Å². The topological polar surface area (TPSA) is 108 Å². The molecule has 0 atom stereocenters. The van der Waals surface area contributed by atoms with Crippen LogP contribution in [0.15, 0.2) is 52.6 Å². The molecule has 1 aromatic carbocycles. The fourth-order valence-corrected chi connectivity index (χ4v) is 1.92. The van der Waals surface area contributed by atoms with Crippen LogP contribution in [0.25, 0.3) is 0 Å². The smallest absolute Gasteiger partial charge is 0.253 e. The van der Waals surface area contributed by atoms with Crippen LogP contribution in [0.5, 0.6) is 0 Å². The number of aromatic nitrogens is 2. The molecule has 0 bridgehead atoms. The van der Waals surface area contributed by atoms with Crippen LogP contribution < -0.4 is 21.5 Å². The highest BCUT2D eigenvalue weighted by Gasteiger charge is 2.21. The van der Waals surface area contributed by atoms with E-state index in [1.54, 1.807) is 24.5 Å². The van der Waals surface area contributed by atoms with E-state index in [0.29, 0.717) is 16.9 Å². The number of pyridine rings is 2. The van der Waals surface area contributed by atoms with Crippen LogP contribution in [0.3, 0.4) is 0 Å². The SMILES string of the molecule is N#Cc1cncc(Nc2c(Nc3cccnc3)c(=O)c2=O)c1. The van der Waals surface area contributed by atoms with Gasteiger partial charge in [-0.2, -0.15) is 5.26 Å². The molecule has 0 aliphatic rings. The molecule has 0 saturated heterocycles. The molecule has 0 saturated carbocycles. The molecule has 0 unspecified atom stereocenters. The van der Waals surface area contributed by atoms with Crippen LogP contribution in [0.4, 0.5) is 22.7 Å². The third-order valence-electron chi connectivity index (χ3n) is 2.98. The number of hydrogen-bond donors (Lipinski definition) is 2. The molecule has 0 amide bonds. The van der Waals surface area contributed by atoms with Crippen molar-refractivity contribution in [2.75, 3.05) is 10.6 Å². The minimum absolute atomic E-state index is 0.144. The summed E-state index contributed by atoms with van der Waals surface area (Å²) in [4.78, 5) is 31.2. The van der Waals surface area contributed by atoms with Gasteiger partial charge < -0.3 is 10.6 Å². The molecule has 2 aromatic heterocycles. The molecular formula is C15H9N5O2. The lowest BCUT2D eigenvalue weighted by molar-refractivity contribution is 1.28. The summed E-state index contributed by atoms with van der Waals surface area (Å²) in [6.07, 6.45) is 6.01. The Morgan fingerprint density at radius 3 is 2.27 bits per heavy atom. The van der Waals surface area contributed by atoms with Gasteiger partial charge in [0.1, 0.15) is 17.4 Å². The molecule has 0 radical (unpaired) electrons. The molecule has 0 fully saturated rings. The molecular weight excluding hydrogens is 282 g/mol. The molecule has 0 spiro atoms. The predicted octanol–water partition coefficient (Wildman–Crippen LogP) is 1.43. The molecule has 7 nitrogen and oxygen atoms in total. The molecule has 3 aromatic rings. The Labute approximate surface area is 124 Å². The lowest BCUT2D eigenvalue weighted by Crippen LogP contribution is -2.35. The monoisotopic (exact) mass is 291 g/mol. The van der Waals surface area contributed by atoms with Crippen molar-refractivity contribution in [3.8, 4) is 6.07 Å². The number of rotatable bonds is 4. The molecule has 0 aliphatic carbocycles. The van der Waals surface area contributed by atoms with Crippen molar-refractivity contribution in [1.82, 2.24) is 9.97 Å². The van der Waals surface area contributed by atoms with E-state index in [0.717, 1.165) is 0 Å². The molecule has 3 rings (SSSR count). The first kappa shape index (κ1) is 13.5. The van der Waals surface area contributed by atoms with Gasteiger partial charge in [0.2, 0.25) is 0 Å². The van der Waals surface area contributed by atoms with E-state index >= 15 is 0 Å². The number of hydrogen-bond acceptors (Lipinski definition) is 7. The number of anilines is 4. The average molecular weight is 291 g/mol. The minimum Gasteiger partial charge on any atom is -0.349 e. The second-order valence-corrected chi connectivity index (χ2v) is 4.47. The molecule has 106 valence electrons. The lowest BCUT2D eigenvalue weighted by atomic mass is 10.1. The van der Waals surface area contributed by atoms with Crippen LogP contribution in [0, 0.1) is 11.3 Å². The Bertz CT molecular complexity index is 937. The Kier molecular flexibility index (Phi) is 3.34. The van der Waals surface area contributed by atoms with E-state index in [4.69, 9.17) is 5.26 Å². The zero-order valence-electron chi connectivity index (χ0n) is 11.2. The predicted molar refractivity (Wildman–Crippen MR) is 81.1 cm³/mol. The summed E-state index contributed by atoms with van der Waals surface area (Å²) >= 11 is 0. The van der Waals surface area contributed by atoms with Crippen molar-refractivity contribution in [2.24, 2.45) is 0 Å². The maximum Gasteiger partial charge on any atom is 0.253 e. The highest BCUT2D eigenvalue weighted by molar-refractivity contribution is 5.82. The van der Waals surface area contributed by atoms with Gasteiger partial charge in [-0.3, -0.25) is 19.6 Å². The fraction of sp³-hybridized carbons (Fsp3) is 0. The maximum absolute atomic E-state index is 11.7. The van der Waals surface area contributed by atoms with Crippen LogP contribution in [-0.2, 0) is 0 Å². The third kappa shape index (κ3) is 2.41. The summed E-state index contributed by atoms with van der Waals surface area (Å²) in [6, 6.07) is 6.93. The summed E-state index contributed by atoms with van der Waals surface area (Å²) in [7, 11) is 0. The van der Waals surface area contributed by atoms with Crippen molar-refractivity contribution in [2.45, 2.75) is 0 Å². The zero-order chi connectivity index (χ0) is 15.5. The van der Waals surface area contributed by atoms with E-state index < -0.39 is 10.9 Å². The van der Waals surface area contributed by atoms with Crippen LogP contribution in [0.2, 0.25) is 0 Å². The number of nitriles is 1. The summed E-state index contributed by atoms with van der Waals surface area (Å²) in [5.41, 5.74) is 0.503. The number of nitrogens with one attached hydrogen (secondary N) is 2. The normalized spacial score (nSPS) is 10.1. The van der Waals surface area contributed by atoms with Gasteiger partial charge in [0.25, 0.3) is 10.9 Å². The largest absolute Gasteiger partial charge is 0.349 e. The van der Waals surface area contributed by atoms with Crippen LogP contribution in [0.1, 0.15) is 5.56 Å². The van der Waals surface area contributed by atoms with Crippen LogP contribution >= 0.6 is 0 Å². The van der Waals surface area contributed by atoms with Gasteiger partial charge in [0.05, 0.1) is 29.3 Å². The molecule has 22 heavy (non-hydrogen) atoms. The Hall–Kier alpha value is -3.53. The summed E-state index contributed by atoms with van der Waals surface area (Å²) in [5.74, 6) is 0. The molecule has 2 heterocycles. The highest BCUT2D eigenvalue weighted by atomic mass is 16.2. The second-order valence-electron chi connectivity index (χ2n) is 4.47. The summed E-state index contributed by atoms with van der Waals surface area (Å²) in [5, 5.41) is 14.5. The summed E-state index contributed by atoms with van der Waals surface area (Å²) < 4.78 is 0. The van der Waals surface area contributed by atoms with E-state index in [1.165, 1.54) is 18.5 Å². The van der Waals surface area contributed by atoms with Crippen LogP contribution in [-0.4, -0.2) is 9.97 Å². The van der Waals surface area contributed by atoms with Gasteiger partial charge in [-0.15, -0.1) is 0 Å². The van der Waals surface area contributed by atoms with Gasteiger partial charge in [-0.1, -0.05) is 0 Å². The van der Waals surface area contributed by atoms with Gasteiger partial charge in [-0.05, 0) is 18.2 Å². The van der Waals surface area contributed by atoms with Gasteiger partial charge in [0, 0.05) is 12.4 Å². The second kappa shape index (κ2) is 5.46. The number of nitrogens with zero attached hydrogens (tertiary/aromatic N) is 3. The summed E-state index contributed by atoms with van der Waals surface area (Å²) in [6.45, 7) is 0. The zero-order valence-corrected chi connectivity index (χ0v) is 11.2. The van der Waals surface area contributed by atoms with E-state index in [-0.39, 0.29) is 11.4 Å². The van der Waals surface area contributed by atoms with Gasteiger partial charge in [0.15, 0.2) is 0 Å². The minimum atomic E-state index is -0.617. The van der Waals surface area contributed by atoms with Crippen molar-refractivity contribution < 1.29 is 0 Å². The van der Waals surface area contributed by atoms with Gasteiger partial charge in [-0.25, -0.2) is 0 Å². The quantitative estimate of drug-likeness (QED) is 0.700. The van der Waals surface area contributed by atoms with E-state index in [1.807, 2.05) is 6.07 Å². The highest BCUT2D eigenvalue weighted by Crippen LogP contribution is 2.23. The Morgan fingerprint density at radius 1 is 0.955 bits per heavy atom. The lowest BCUT2D eigenvalue weighted by Gasteiger charge is -2.14. The first-order valence-electron chi connectivity index (χ1n) is 6.31. The first-order chi connectivity index (χ1) is 10.7. The Balaban J connectivity index is 1.89. The van der Waals surface area contributed by atoms with Crippen molar-refractivity contribution in [1.29, 1.82) is 5.26 Å². The standard InChI is InChI=1S/C15H9N5O2/c16-5-9-4-11(8-18-6-9)20-13-12(14(21)15(13)22)19-10-2-1-3-17-7-10/h1-4,6-8,19-20H. The molecule has 7 heteroatoms. The fourth-order valence-electron chi connectivity index (χ4n) is 1.92. The average Bonchev–Trinajstić information content (AvgIpc) is 2.58. The maximum atomic E-state index is 11.7. The Morgan fingerprint density at radius 2 is 1.64 bits per heavy atom. The van der Waals surface area contributed by atoms with E-state index in [9.17, 15) is 9.59 Å². The van der Waals surface area contributed by atoms with Gasteiger partial charge >= 0.3 is 0 Å². The molecule has 2 N–H and O–H groups in total. The third-order valence-corrected chi connectivity index (χ3v) is 2.98. The van der Waals surface area contributed by atoms with Crippen molar-refractivity contribution in [3.05, 3.63) is 69.0 Å². The van der Waals surface area contributed by atoms with Crippen molar-refractivity contribution >= 4 is 22.7 Å². The first-order valence-corrected chi connectivity index (χ1v) is 6.31.